The number of rotatable bonds is 4. The highest BCUT2D eigenvalue weighted by molar-refractivity contribution is 7.80. The van der Waals surface area contributed by atoms with Crippen molar-refractivity contribution in [1.82, 2.24) is 4.90 Å². The SMILES string of the molecule is CN(Cc1ccsc1)C(=O)c1ccc(C(N)=S)cc1. The monoisotopic (exact) mass is 290 g/mol. The number of amides is 1. The van der Waals surface area contributed by atoms with Crippen LogP contribution in [0.3, 0.4) is 0 Å². The fourth-order valence-corrected chi connectivity index (χ4v) is 2.52. The van der Waals surface area contributed by atoms with Crippen molar-refractivity contribution in [3.8, 4) is 0 Å². The Labute approximate surface area is 121 Å². The van der Waals surface area contributed by atoms with Crippen molar-refractivity contribution in [2.24, 2.45) is 5.73 Å². The van der Waals surface area contributed by atoms with Gasteiger partial charge in [-0.3, -0.25) is 4.79 Å². The molecule has 5 heteroatoms. The first-order valence-electron chi connectivity index (χ1n) is 5.74. The molecule has 0 fully saturated rings. The Kier molecular flexibility index (Phi) is 4.29. The molecule has 0 spiro atoms. The van der Waals surface area contributed by atoms with Gasteiger partial charge < -0.3 is 10.6 Å². The number of nitrogens with two attached hydrogens (primary N) is 1. The van der Waals surface area contributed by atoms with E-state index in [9.17, 15) is 4.79 Å². The summed E-state index contributed by atoms with van der Waals surface area (Å²) in [4.78, 5) is 14.2. The van der Waals surface area contributed by atoms with Crippen molar-refractivity contribution in [3.05, 3.63) is 57.8 Å². The molecule has 0 radical (unpaired) electrons. The molecule has 1 aromatic heterocycles. The number of thiophene rings is 1. The summed E-state index contributed by atoms with van der Waals surface area (Å²) in [6.07, 6.45) is 0. The van der Waals surface area contributed by atoms with Crippen LogP contribution >= 0.6 is 23.6 Å². The van der Waals surface area contributed by atoms with Gasteiger partial charge in [0.1, 0.15) is 4.99 Å². The standard InChI is InChI=1S/C14H14N2OS2/c1-16(8-10-6-7-19-9-10)14(17)12-4-2-11(3-5-12)13(15)18/h2-7,9H,8H2,1H3,(H2,15,18). The summed E-state index contributed by atoms with van der Waals surface area (Å²) in [7, 11) is 1.79. The Balaban J connectivity index is 2.08. The van der Waals surface area contributed by atoms with Crippen molar-refractivity contribution in [3.63, 3.8) is 0 Å². The number of carbonyl (C=O) groups is 1. The first kappa shape index (κ1) is 13.7. The van der Waals surface area contributed by atoms with Gasteiger partial charge in [-0.2, -0.15) is 11.3 Å². The highest BCUT2D eigenvalue weighted by Crippen LogP contribution is 2.12. The summed E-state index contributed by atoms with van der Waals surface area (Å²) in [5, 5.41) is 4.05. The third-order valence-electron chi connectivity index (χ3n) is 2.76. The van der Waals surface area contributed by atoms with Crippen LogP contribution < -0.4 is 5.73 Å². The van der Waals surface area contributed by atoms with Crippen molar-refractivity contribution < 1.29 is 4.79 Å². The van der Waals surface area contributed by atoms with Crippen LogP contribution in [0.1, 0.15) is 21.5 Å². The van der Waals surface area contributed by atoms with Crippen LogP contribution in [0, 0.1) is 0 Å². The Morgan fingerprint density at radius 1 is 1.26 bits per heavy atom. The van der Waals surface area contributed by atoms with E-state index in [-0.39, 0.29) is 5.91 Å². The van der Waals surface area contributed by atoms with Crippen molar-refractivity contribution in [1.29, 1.82) is 0 Å². The Morgan fingerprint density at radius 2 is 1.89 bits per heavy atom. The lowest BCUT2D eigenvalue weighted by Crippen LogP contribution is -2.26. The van der Waals surface area contributed by atoms with Gasteiger partial charge >= 0.3 is 0 Å². The summed E-state index contributed by atoms with van der Waals surface area (Å²) >= 11 is 6.51. The number of hydrogen-bond acceptors (Lipinski definition) is 3. The second kappa shape index (κ2) is 5.95. The molecule has 19 heavy (non-hydrogen) atoms. The van der Waals surface area contributed by atoms with E-state index in [2.05, 4.69) is 0 Å². The van der Waals surface area contributed by atoms with E-state index in [0.717, 1.165) is 11.1 Å². The lowest BCUT2D eigenvalue weighted by atomic mass is 10.1. The molecule has 0 aliphatic rings. The van der Waals surface area contributed by atoms with Crippen LogP contribution in [-0.4, -0.2) is 22.8 Å². The van der Waals surface area contributed by atoms with E-state index in [1.54, 1.807) is 47.5 Å². The van der Waals surface area contributed by atoms with Crippen LogP contribution in [-0.2, 0) is 6.54 Å². The molecule has 0 bridgehead atoms. The van der Waals surface area contributed by atoms with Gasteiger partial charge in [-0.1, -0.05) is 24.4 Å². The zero-order valence-corrected chi connectivity index (χ0v) is 12.1. The topological polar surface area (TPSA) is 46.3 Å². The first-order valence-corrected chi connectivity index (χ1v) is 7.09. The average Bonchev–Trinajstić information content (AvgIpc) is 2.90. The number of nitrogens with zero attached hydrogens (tertiary/aromatic N) is 1. The predicted octanol–water partition coefficient (Wildman–Crippen LogP) is 2.65. The molecule has 0 saturated carbocycles. The molecule has 2 aromatic rings. The number of benzene rings is 1. The molecule has 0 aliphatic carbocycles. The van der Waals surface area contributed by atoms with Crippen molar-refractivity contribution >= 4 is 34.5 Å². The number of carbonyl (C=O) groups excluding carboxylic acids is 1. The second-order valence-corrected chi connectivity index (χ2v) is 5.45. The van der Waals surface area contributed by atoms with Crippen LogP contribution in [0.15, 0.2) is 41.1 Å². The Morgan fingerprint density at radius 3 is 2.42 bits per heavy atom. The van der Waals surface area contributed by atoms with Gasteiger partial charge in [-0.25, -0.2) is 0 Å². The average molecular weight is 290 g/mol. The maximum Gasteiger partial charge on any atom is 0.253 e. The van der Waals surface area contributed by atoms with Gasteiger partial charge in [0.25, 0.3) is 5.91 Å². The van der Waals surface area contributed by atoms with E-state index in [1.807, 2.05) is 16.8 Å². The minimum absolute atomic E-state index is 0.0133. The lowest BCUT2D eigenvalue weighted by Gasteiger charge is -2.16. The second-order valence-electron chi connectivity index (χ2n) is 4.23. The van der Waals surface area contributed by atoms with Gasteiger partial charge in [0.2, 0.25) is 0 Å². The summed E-state index contributed by atoms with van der Waals surface area (Å²) < 4.78 is 0. The minimum Gasteiger partial charge on any atom is -0.389 e. The third-order valence-corrected chi connectivity index (χ3v) is 3.73. The van der Waals surface area contributed by atoms with Crippen molar-refractivity contribution in [2.75, 3.05) is 7.05 Å². The third kappa shape index (κ3) is 3.39. The van der Waals surface area contributed by atoms with E-state index >= 15 is 0 Å². The molecule has 2 rings (SSSR count). The Hall–Kier alpha value is -1.72. The number of thiocarbonyl (C=S) groups is 1. The van der Waals surface area contributed by atoms with Crippen LogP contribution in [0.25, 0.3) is 0 Å². The van der Waals surface area contributed by atoms with E-state index < -0.39 is 0 Å². The van der Waals surface area contributed by atoms with Gasteiger partial charge in [-0.05, 0) is 34.5 Å². The fourth-order valence-electron chi connectivity index (χ4n) is 1.73. The zero-order chi connectivity index (χ0) is 13.8. The van der Waals surface area contributed by atoms with Gasteiger partial charge in [0, 0.05) is 24.7 Å². The van der Waals surface area contributed by atoms with Crippen LogP contribution in [0.5, 0.6) is 0 Å². The molecule has 1 amide bonds. The van der Waals surface area contributed by atoms with Gasteiger partial charge in [-0.15, -0.1) is 0 Å². The van der Waals surface area contributed by atoms with Gasteiger partial charge in [0.15, 0.2) is 0 Å². The molecule has 0 saturated heterocycles. The highest BCUT2D eigenvalue weighted by atomic mass is 32.1. The quantitative estimate of drug-likeness (QED) is 0.881. The smallest absolute Gasteiger partial charge is 0.253 e. The zero-order valence-electron chi connectivity index (χ0n) is 10.5. The maximum absolute atomic E-state index is 12.2. The molecule has 0 unspecified atom stereocenters. The van der Waals surface area contributed by atoms with Crippen molar-refractivity contribution in [2.45, 2.75) is 6.54 Å². The molecular formula is C14H14N2OS2. The normalized spacial score (nSPS) is 10.2. The minimum atomic E-state index is -0.0133. The molecular weight excluding hydrogens is 276 g/mol. The lowest BCUT2D eigenvalue weighted by molar-refractivity contribution is 0.0785. The summed E-state index contributed by atoms with van der Waals surface area (Å²) in [6.45, 7) is 0.611. The fraction of sp³-hybridized carbons (Fsp3) is 0.143. The summed E-state index contributed by atoms with van der Waals surface area (Å²) in [6, 6.07) is 9.06. The van der Waals surface area contributed by atoms with Gasteiger partial charge in [0.05, 0.1) is 0 Å². The molecule has 0 atom stereocenters. The molecule has 1 heterocycles. The number of hydrogen-bond donors (Lipinski definition) is 1. The van der Waals surface area contributed by atoms with E-state index in [1.165, 1.54) is 0 Å². The first-order chi connectivity index (χ1) is 9.08. The van der Waals surface area contributed by atoms with Crippen LogP contribution in [0.4, 0.5) is 0 Å². The molecule has 98 valence electrons. The molecule has 1 aromatic carbocycles. The summed E-state index contributed by atoms with van der Waals surface area (Å²) in [5.74, 6) is -0.0133. The van der Waals surface area contributed by atoms with E-state index in [4.69, 9.17) is 18.0 Å². The van der Waals surface area contributed by atoms with E-state index in [0.29, 0.717) is 17.1 Å². The highest BCUT2D eigenvalue weighted by Gasteiger charge is 2.12. The summed E-state index contributed by atoms with van der Waals surface area (Å²) in [5.41, 5.74) is 8.07. The largest absolute Gasteiger partial charge is 0.389 e. The Bertz CT molecular complexity index is 576. The predicted molar refractivity (Wildman–Crippen MR) is 82.4 cm³/mol. The molecule has 2 N–H and O–H groups in total. The molecule has 0 aliphatic heterocycles. The van der Waals surface area contributed by atoms with Crippen LogP contribution in [0.2, 0.25) is 0 Å². The maximum atomic E-state index is 12.2. The molecule has 3 nitrogen and oxygen atoms in total.